The number of aromatic amines is 1. The third-order valence-corrected chi connectivity index (χ3v) is 5.10. The van der Waals surface area contributed by atoms with Crippen LogP contribution in [0.3, 0.4) is 0 Å². The van der Waals surface area contributed by atoms with E-state index in [0.29, 0.717) is 13.2 Å². The zero-order valence-electron chi connectivity index (χ0n) is 11.1. The largest absolute Gasteiger partial charge is 0.361 e. The van der Waals surface area contributed by atoms with Gasteiger partial charge in [0.15, 0.2) is 0 Å². The van der Waals surface area contributed by atoms with Crippen molar-refractivity contribution in [1.82, 2.24) is 4.98 Å². The summed E-state index contributed by atoms with van der Waals surface area (Å²) in [5.74, 6) is -0.785. The lowest BCUT2D eigenvalue weighted by Crippen LogP contribution is -2.15. The number of aromatic nitrogens is 1. The number of nitrogens with two attached hydrogens (primary N) is 1. The Labute approximate surface area is 112 Å². The van der Waals surface area contributed by atoms with E-state index >= 15 is 0 Å². The third-order valence-electron chi connectivity index (χ3n) is 2.91. The summed E-state index contributed by atoms with van der Waals surface area (Å²) in [6.45, 7) is 4.15. The molecule has 0 saturated heterocycles. The molecular formula is C13H19N2O3P. The number of rotatable bonds is 6. The van der Waals surface area contributed by atoms with E-state index in [9.17, 15) is 4.57 Å². The van der Waals surface area contributed by atoms with Crippen molar-refractivity contribution >= 4 is 18.5 Å². The molecule has 3 N–H and O–H groups in total. The van der Waals surface area contributed by atoms with E-state index in [1.54, 1.807) is 13.8 Å². The summed E-state index contributed by atoms with van der Waals surface area (Å²) >= 11 is 0. The summed E-state index contributed by atoms with van der Waals surface area (Å²) in [5.41, 5.74) is 7.86. The van der Waals surface area contributed by atoms with Crippen molar-refractivity contribution in [3.05, 3.63) is 36.0 Å². The van der Waals surface area contributed by atoms with Crippen LogP contribution in [0.15, 0.2) is 30.5 Å². The summed E-state index contributed by atoms with van der Waals surface area (Å²) in [5, 5.41) is 0.939. The molecule has 0 aliphatic heterocycles. The van der Waals surface area contributed by atoms with Crippen molar-refractivity contribution in [1.29, 1.82) is 0 Å². The SMILES string of the molecule is CCOP(=O)(OCC)[C@@H](N)c1cccc2[nH]ccc12. The van der Waals surface area contributed by atoms with E-state index in [4.69, 9.17) is 14.8 Å². The second-order valence-electron chi connectivity index (χ2n) is 4.11. The monoisotopic (exact) mass is 282 g/mol. The highest BCUT2D eigenvalue weighted by atomic mass is 31.2. The second kappa shape index (κ2) is 5.88. The maximum atomic E-state index is 12.7. The number of hydrogen-bond donors (Lipinski definition) is 2. The van der Waals surface area contributed by atoms with Crippen LogP contribution in [0.4, 0.5) is 0 Å². The first-order valence-electron chi connectivity index (χ1n) is 6.32. The van der Waals surface area contributed by atoms with Gasteiger partial charge in [-0.1, -0.05) is 12.1 Å². The quantitative estimate of drug-likeness (QED) is 0.796. The van der Waals surface area contributed by atoms with Gasteiger partial charge >= 0.3 is 7.60 Å². The van der Waals surface area contributed by atoms with Gasteiger partial charge in [0.1, 0.15) is 5.78 Å². The topological polar surface area (TPSA) is 77.3 Å². The van der Waals surface area contributed by atoms with E-state index in [1.807, 2.05) is 30.5 Å². The maximum Gasteiger partial charge on any atom is 0.351 e. The molecule has 5 nitrogen and oxygen atoms in total. The molecule has 1 heterocycles. The smallest absolute Gasteiger partial charge is 0.351 e. The lowest BCUT2D eigenvalue weighted by Gasteiger charge is -2.23. The number of benzene rings is 1. The number of fused-ring (bicyclic) bond motifs is 1. The normalized spacial score (nSPS) is 13.8. The lowest BCUT2D eigenvalue weighted by atomic mass is 10.1. The zero-order chi connectivity index (χ0) is 13.9. The van der Waals surface area contributed by atoms with Crippen LogP contribution >= 0.6 is 7.60 Å². The number of hydrogen-bond acceptors (Lipinski definition) is 4. The van der Waals surface area contributed by atoms with E-state index in [2.05, 4.69) is 4.98 Å². The molecule has 2 rings (SSSR count). The first kappa shape index (κ1) is 14.3. The molecule has 0 radical (unpaired) electrons. The molecule has 1 aromatic carbocycles. The lowest BCUT2D eigenvalue weighted by molar-refractivity contribution is 0.212. The summed E-state index contributed by atoms with van der Waals surface area (Å²) in [6, 6.07) is 7.58. The summed E-state index contributed by atoms with van der Waals surface area (Å²) in [7, 11) is -3.35. The standard InChI is InChI=1S/C13H19N2O3P/c1-3-17-19(16,18-4-2)13(14)11-6-5-7-12-10(11)8-9-15-12/h5-9,13,15H,3-4,14H2,1-2H3/t13-/m1/s1. The molecular weight excluding hydrogens is 263 g/mol. The number of H-pyrrole nitrogens is 1. The van der Waals surface area contributed by atoms with E-state index in [0.717, 1.165) is 16.5 Å². The Morgan fingerprint density at radius 3 is 2.58 bits per heavy atom. The molecule has 0 unspecified atom stereocenters. The third kappa shape index (κ3) is 2.74. The molecule has 1 atom stereocenters. The molecule has 0 spiro atoms. The van der Waals surface area contributed by atoms with Crippen LogP contribution in [0.2, 0.25) is 0 Å². The molecule has 0 amide bonds. The van der Waals surface area contributed by atoms with Crippen LogP contribution in [0.25, 0.3) is 10.9 Å². The van der Waals surface area contributed by atoms with Crippen LogP contribution in [-0.4, -0.2) is 18.2 Å². The summed E-state index contributed by atoms with van der Waals surface area (Å²) in [6.07, 6.45) is 1.83. The Morgan fingerprint density at radius 2 is 1.95 bits per heavy atom. The van der Waals surface area contributed by atoms with Crippen LogP contribution in [-0.2, 0) is 13.6 Å². The van der Waals surface area contributed by atoms with Gasteiger partial charge in [0.2, 0.25) is 0 Å². The van der Waals surface area contributed by atoms with Crippen LogP contribution in [0, 0.1) is 0 Å². The van der Waals surface area contributed by atoms with Gasteiger partial charge in [0, 0.05) is 17.1 Å². The average molecular weight is 282 g/mol. The van der Waals surface area contributed by atoms with Gasteiger partial charge < -0.3 is 19.8 Å². The van der Waals surface area contributed by atoms with Gasteiger partial charge in [-0.15, -0.1) is 0 Å². The molecule has 104 valence electrons. The van der Waals surface area contributed by atoms with Crippen LogP contribution in [0.1, 0.15) is 25.2 Å². The van der Waals surface area contributed by atoms with E-state index in [1.165, 1.54) is 0 Å². The molecule has 0 bridgehead atoms. The Bertz CT molecular complexity index is 586. The number of nitrogens with one attached hydrogen (secondary N) is 1. The fraction of sp³-hybridized carbons (Fsp3) is 0.385. The Morgan fingerprint density at radius 1 is 1.26 bits per heavy atom. The minimum absolute atomic E-state index is 0.300. The molecule has 0 aliphatic rings. The van der Waals surface area contributed by atoms with Gasteiger partial charge in [0.25, 0.3) is 0 Å². The maximum absolute atomic E-state index is 12.7. The molecule has 0 saturated carbocycles. The molecule has 0 aliphatic carbocycles. The fourth-order valence-electron chi connectivity index (χ4n) is 2.10. The van der Waals surface area contributed by atoms with Crippen LogP contribution < -0.4 is 5.73 Å². The summed E-state index contributed by atoms with van der Waals surface area (Å²) < 4.78 is 23.3. The van der Waals surface area contributed by atoms with Crippen molar-refractivity contribution in [2.45, 2.75) is 19.6 Å². The van der Waals surface area contributed by atoms with Crippen molar-refractivity contribution in [2.24, 2.45) is 5.73 Å². The Balaban J connectivity index is 2.44. The first-order chi connectivity index (χ1) is 9.12. The van der Waals surface area contributed by atoms with Gasteiger partial charge in [-0.2, -0.15) is 0 Å². The van der Waals surface area contributed by atoms with Crippen molar-refractivity contribution in [3.8, 4) is 0 Å². The van der Waals surface area contributed by atoms with Gasteiger partial charge in [0.05, 0.1) is 13.2 Å². The Kier molecular flexibility index (Phi) is 4.42. The highest BCUT2D eigenvalue weighted by molar-refractivity contribution is 7.54. The first-order valence-corrected chi connectivity index (χ1v) is 7.94. The highest BCUT2D eigenvalue weighted by Crippen LogP contribution is 2.58. The highest BCUT2D eigenvalue weighted by Gasteiger charge is 2.34. The van der Waals surface area contributed by atoms with Gasteiger partial charge in [-0.05, 0) is 31.5 Å². The van der Waals surface area contributed by atoms with Crippen molar-refractivity contribution in [2.75, 3.05) is 13.2 Å². The van der Waals surface area contributed by atoms with E-state index in [-0.39, 0.29) is 0 Å². The molecule has 2 aromatic rings. The predicted octanol–water partition coefficient (Wildman–Crippen LogP) is 3.39. The van der Waals surface area contributed by atoms with Crippen molar-refractivity contribution in [3.63, 3.8) is 0 Å². The van der Waals surface area contributed by atoms with Crippen molar-refractivity contribution < 1.29 is 13.6 Å². The molecule has 1 aromatic heterocycles. The van der Waals surface area contributed by atoms with Gasteiger partial charge in [-0.25, -0.2) is 0 Å². The zero-order valence-corrected chi connectivity index (χ0v) is 12.0. The fourth-order valence-corrected chi connectivity index (χ4v) is 3.78. The minimum Gasteiger partial charge on any atom is -0.361 e. The van der Waals surface area contributed by atoms with Crippen LogP contribution in [0.5, 0.6) is 0 Å². The molecule has 0 fully saturated rings. The minimum atomic E-state index is -3.35. The van der Waals surface area contributed by atoms with E-state index < -0.39 is 13.4 Å². The second-order valence-corrected chi connectivity index (χ2v) is 6.26. The summed E-state index contributed by atoms with van der Waals surface area (Å²) in [4.78, 5) is 3.10. The predicted molar refractivity (Wildman–Crippen MR) is 76.1 cm³/mol. The van der Waals surface area contributed by atoms with Gasteiger partial charge in [-0.3, -0.25) is 4.57 Å². The average Bonchev–Trinajstić information content (AvgIpc) is 2.86. The Hall–Kier alpha value is -1.13. The molecule has 19 heavy (non-hydrogen) atoms. The molecule has 6 heteroatoms.